The number of hydrogen-bond acceptors (Lipinski definition) is 3. The van der Waals surface area contributed by atoms with Gasteiger partial charge in [-0.3, -0.25) is 14.9 Å². The normalized spacial score (nSPS) is 12.1. The SMILES string of the molecule is CCC(CC(N)=O)Cc1cccc([N+](=O)[O-])c1. The van der Waals surface area contributed by atoms with E-state index in [1.165, 1.54) is 6.07 Å². The Morgan fingerprint density at radius 1 is 1.53 bits per heavy atom. The minimum absolute atomic E-state index is 0.0800. The lowest BCUT2D eigenvalue weighted by Crippen LogP contribution is -2.17. The van der Waals surface area contributed by atoms with E-state index in [9.17, 15) is 14.9 Å². The van der Waals surface area contributed by atoms with Gasteiger partial charge >= 0.3 is 0 Å². The summed E-state index contributed by atoms with van der Waals surface area (Å²) in [5, 5.41) is 10.6. The average Bonchev–Trinajstić information content (AvgIpc) is 2.28. The van der Waals surface area contributed by atoms with E-state index in [2.05, 4.69) is 0 Å². The molecule has 0 fully saturated rings. The van der Waals surface area contributed by atoms with Crippen molar-refractivity contribution in [2.75, 3.05) is 0 Å². The maximum atomic E-state index is 10.8. The Balaban J connectivity index is 2.75. The third kappa shape index (κ3) is 4.22. The van der Waals surface area contributed by atoms with Gasteiger partial charge < -0.3 is 5.73 Å². The Morgan fingerprint density at radius 2 is 2.24 bits per heavy atom. The van der Waals surface area contributed by atoms with Crippen LogP contribution in [0.1, 0.15) is 25.3 Å². The quantitative estimate of drug-likeness (QED) is 0.605. The summed E-state index contributed by atoms with van der Waals surface area (Å²) in [7, 11) is 0. The predicted molar refractivity (Wildman–Crippen MR) is 64.4 cm³/mol. The van der Waals surface area contributed by atoms with Gasteiger partial charge in [-0.25, -0.2) is 0 Å². The number of primary amides is 1. The van der Waals surface area contributed by atoms with Crippen LogP contribution in [0.3, 0.4) is 0 Å². The van der Waals surface area contributed by atoms with Crippen molar-refractivity contribution in [3.05, 3.63) is 39.9 Å². The fourth-order valence-corrected chi connectivity index (χ4v) is 1.78. The Kier molecular flexibility index (Phi) is 4.63. The Labute approximate surface area is 99.8 Å². The van der Waals surface area contributed by atoms with E-state index in [1.54, 1.807) is 12.1 Å². The van der Waals surface area contributed by atoms with Gasteiger partial charge in [-0.15, -0.1) is 0 Å². The smallest absolute Gasteiger partial charge is 0.269 e. The van der Waals surface area contributed by atoms with Gasteiger partial charge in [0.05, 0.1) is 4.92 Å². The summed E-state index contributed by atoms with van der Waals surface area (Å²) in [6, 6.07) is 6.49. The highest BCUT2D eigenvalue weighted by Gasteiger charge is 2.12. The molecule has 1 aromatic carbocycles. The van der Waals surface area contributed by atoms with Crippen molar-refractivity contribution in [3.63, 3.8) is 0 Å². The molecular formula is C12H16N2O3. The third-order valence-electron chi connectivity index (χ3n) is 2.71. The van der Waals surface area contributed by atoms with Crippen LogP contribution in [0, 0.1) is 16.0 Å². The van der Waals surface area contributed by atoms with Gasteiger partial charge in [0, 0.05) is 18.6 Å². The summed E-state index contributed by atoms with van der Waals surface area (Å²) in [6.45, 7) is 1.98. The molecule has 1 amide bonds. The number of non-ortho nitro benzene ring substituents is 1. The van der Waals surface area contributed by atoms with Crippen molar-refractivity contribution in [3.8, 4) is 0 Å². The molecule has 1 aromatic rings. The number of nitrogens with two attached hydrogens (primary N) is 1. The van der Waals surface area contributed by atoms with Crippen molar-refractivity contribution in [1.29, 1.82) is 0 Å². The van der Waals surface area contributed by atoms with E-state index in [0.717, 1.165) is 12.0 Å². The number of carbonyl (C=O) groups excluding carboxylic acids is 1. The number of nitro groups is 1. The van der Waals surface area contributed by atoms with Crippen LogP contribution in [-0.2, 0) is 11.2 Å². The first-order chi connectivity index (χ1) is 8.02. The molecule has 0 saturated heterocycles. The van der Waals surface area contributed by atoms with Gasteiger partial charge in [0.1, 0.15) is 0 Å². The van der Waals surface area contributed by atoms with Crippen molar-refractivity contribution < 1.29 is 9.72 Å². The minimum atomic E-state index is -0.418. The van der Waals surface area contributed by atoms with Crippen molar-refractivity contribution in [2.45, 2.75) is 26.2 Å². The number of rotatable bonds is 6. The van der Waals surface area contributed by atoms with Crippen LogP contribution >= 0.6 is 0 Å². The number of hydrogen-bond donors (Lipinski definition) is 1. The molecule has 1 unspecified atom stereocenters. The standard InChI is InChI=1S/C12H16N2O3/c1-2-9(8-12(13)15)6-10-4-3-5-11(7-10)14(16)17/h3-5,7,9H,2,6,8H2,1H3,(H2,13,15). The molecular weight excluding hydrogens is 220 g/mol. The molecule has 1 atom stereocenters. The second-order valence-electron chi connectivity index (χ2n) is 4.08. The van der Waals surface area contributed by atoms with Gasteiger partial charge in [0.2, 0.25) is 5.91 Å². The monoisotopic (exact) mass is 236 g/mol. The molecule has 5 heteroatoms. The molecule has 0 aliphatic rings. The van der Waals surface area contributed by atoms with Crippen LogP contribution in [0.25, 0.3) is 0 Å². The molecule has 0 aromatic heterocycles. The highest BCUT2D eigenvalue weighted by atomic mass is 16.6. The molecule has 0 aliphatic carbocycles. The Bertz CT molecular complexity index is 418. The highest BCUT2D eigenvalue weighted by Crippen LogP contribution is 2.19. The number of carbonyl (C=O) groups is 1. The number of nitrogens with zero attached hydrogens (tertiary/aromatic N) is 1. The average molecular weight is 236 g/mol. The van der Waals surface area contributed by atoms with Gasteiger partial charge in [0.25, 0.3) is 5.69 Å². The second-order valence-corrected chi connectivity index (χ2v) is 4.08. The van der Waals surface area contributed by atoms with Crippen LogP contribution in [0.2, 0.25) is 0 Å². The van der Waals surface area contributed by atoms with E-state index in [0.29, 0.717) is 12.8 Å². The maximum Gasteiger partial charge on any atom is 0.269 e. The molecule has 92 valence electrons. The van der Waals surface area contributed by atoms with E-state index < -0.39 is 4.92 Å². The molecule has 0 bridgehead atoms. The fraction of sp³-hybridized carbons (Fsp3) is 0.417. The molecule has 0 saturated carbocycles. The van der Waals surface area contributed by atoms with Gasteiger partial charge in [-0.05, 0) is 17.9 Å². The zero-order valence-corrected chi connectivity index (χ0v) is 9.76. The van der Waals surface area contributed by atoms with Crippen LogP contribution < -0.4 is 5.73 Å². The summed E-state index contributed by atoms with van der Waals surface area (Å²) in [5.41, 5.74) is 6.10. The summed E-state index contributed by atoms with van der Waals surface area (Å²) >= 11 is 0. The second kappa shape index (κ2) is 5.98. The fourth-order valence-electron chi connectivity index (χ4n) is 1.78. The Hall–Kier alpha value is -1.91. The lowest BCUT2D eigenvalue weighted by molar-refractivity contribution is -0.384. The lowest BCUT2D eigenvalue weighted by Gasteiger charge is -2.12. The van der Waals surface area contributed by atoms with Crippen LogP contribution in [0.5, 0.6) is 0 Å². The lowest BCUT2D eigenvalue weighted by atomic mass is 9.93. The topological polar surface area (TPSA) is 86.2 Å². The first-order valence-electron chi connectivity index (χ1n) is 5.54. The van der Waals surface area contributed by atoms with Crippen molar-refractivity contribution >= 4 is 11.6 Å². The van der Waals surface area contributed by atoms with Gasteiger partial charge in [-0.1, -0.05) is 25.5 Å². The first-order valence-corrected chi connectivity index (χ1v) is 5.54. The third-order valence-corrected chi connectivity index (χ3v) is 2.71. The van der Waals surface area contributed by atoms with E-state index >= 15 is 0 Å². The van der Waals surface area contributed by atoms with Gasteiger partial charge in [-0.2, -0.15) is 0 Å². The number of nitro benzene ring substituents is 1. The predicted octanol–water partition coefficient (Wildman–Crippen LogP) is 2.04. The molecule has 0 spiro atoms. The van der Waals surface area contributed by atoms with Crippen LogP contribution in [0.4, 0.5) is 5.69 Å². The van der Waals surface area contributed by atoms with Crippen LogP contribution in [0.15, 0.2) is 24.3 Å². The van der Waals surface area contributed by atoms with Crippen molar-refractivity contribution in [2.24, 2.45) is 11.7 Å². The molecule has 1 rings (SSSR count). The summed E-state index contributed by atoms with van der Waals surface area (Å²) in [4.78, 5) is 21.0. The zero-order chi connectivity index (χ0) is 12.8. The minimum Gasteiger partial charge on any atom is -0.370 e. The molecule has 0 radical (unpaired) electrons. The number of benzene rings is 1. The highest BCUT2D eigenvalue weighted by molar-refractivity contribution is 5.74. The molecule has 0 aliphatic heterocycles. The summed E-state index contributed by atoms with van der Waals surface area (Å²) in [6.07, 6.45) is 1.78. The van der Waals surface area contributed by atoms with E-state index in [4.69, 9.17) is 5.73 Å². The maximum absolute atomic E-state index is 10.8. The Morgan fingerprint density at radius 3 is 2.76 bits per heavy atom. The van der Waals surface area contributed by atoms with Crippen molar-refractivity contribution in [1.82, 2.24) is 0 Å². The zero-order valence-electron chi connectivity index (χ0n) is 9.76. The summed E-state index contributed by atoms with van der Waals surface area (Å²) < 4.78 is 0. The molecule has 2 N–H and O–H groups in total. The number of amides is 1. The molecule has 17 heavy (non-hydrogen) atoms. The molecule has 0 heterocycles. The molecule has 5 nitrogen and oxygen atoms in total. The van der Waals surface area contributed by atoms with E-state index in [-0.39, 0.29) is 17.5 Å². The van der Waals surface area contributed by atoms with E-state index in [1.807, 2.05) is 13.0 Å². The van der Waals surface area contributed by atoms with Crippen LogP contribution in [-0.4, -0.2) is 10.8 Å². The van der Waals surface area contributed by atoms with Gasteiger partial charge in [0.15, 0.2) is 0 Å². The first kappa shape index (κ1) is 13.2. The largest absolute Gasteiger partial charge is 0.370 e. The summed E-state index contributed by atoms with van der Waals surface area (Å²) in [5.74, 6) is -0.184.